The lowest BCUT2D eigenvalue weighted by molar-refractivity contribution is 0.126. The monoisotopic (exact) mass is 212 g/mol. The number of benzene rings is 1. The highest BCUT2D eigenvalue weighted by atomic mass is 32.2. The van der Waals surface area contributed by atoms with E-state index in [1.165, 1.54) is 0 Å². The Kier molecular flexibility index (Phi) is 4.84. The average molecular weight is 212 g/mol. The summed E-state index contributed by atoms with van der Waals surface area (Å²) in [6, 6.07) is 7.82. The van der Waals surface area contributed by atoms with Gasteiger partial charge in [0.15, 0.2) is 0 Å². The Hall–Kier alpha value is -0.670. The first-order valence-corrected chi connectivity index (χ1v) is 5.99. The van der Waals surface area contributed by atoms with Crippen molar-refractivity contribution in [3.63, 3.8) is 0 Å². The smallest absolute Gasteiger partial charge is 0.122 e. The molecule has 0 aliphatic heterocycles. The molecule has 0 aromatic heterocycles. The molecular formula is C11H16O2S. The molecule has 1 rings (SSSR count). The summed E-state index contributed by atoms with van der Waals surface area (Å²) in [5, 5.41) is 9.46. The van der Waals surface area contributed by atoms with Gasteiger partial charge in [-0.2, -0.15) is 11.8 Å². The Labute approximate surface area is 89.3 Å². The third-order valence-corrected chi connectivity index (χ3v) is 2.60. The van der Waals surface area contributed by atoms with Crippen LogP contribution in [0.1, 0.15) is 5.56 Å². The molecule has 3 heteroatoms. The summed E-state index contributed by atoms with van der Waals surface area (Å²) in [5.41, 5.74) is 1.10. The maximum Gasteiger partial charge on any atom is 0.122 e. The molecule has 0 heterocycles. The van der Waals surface area contributed by atoms with E-state index < -0.39 is 0 Å². The predicted octanol–water partition coefficient (Wildman–Crippen LogP) is 2.10. The Morgan fingerprint density at radius 2 is 2.14 bits per heavy atom. The third-order valence-electron chi connectivity index (χ3n) is 1.88. The SMILES string of the molecule is CSCC(O)COc1ccccc1C. The number of aryl methyl sites for hydroxylation is 1. The van der Waals surface area contributed by atoms with Crippen LogP contribution in [0.4, 0.5) is 0 Å². The van der Waals surface area contributed by atoms with E-state index in [0.29, 0.717) is 12.4 Å². The van der Waals surface area contributed by atoms with Gasteiger partial charge in [0.1, 0.15) is 12.4 Å². The second-order valence-corrected chi connectivity index (χ2v) is 4.10. The fraction of sp³-hybridized carbons (Fsp3) is 0.455. The van der Waals surface area contributed by atoms with Crippen LogP contribution < -0.4 is 4.74 Å². The zero-order valence-electron chi connectivity index (χ0n) is 8.56. The minimum atomic E-state index is -0.385. The number of thioether (sulfide) groups is 1. The van der Waals surface area contributed by atoms with Crippen molar-refractivity contribution in [2.45, 2.75) is 13.0 Å². The molecule has 0 saturated carbocycles. The van der Waals surface area contributed by atoms with Crippen LogP contribution in [0.25, 0.3) is 0 Å². The van der Waals surface area contributed by atoms with Crippen molar-refractivity contribution in [2.75, 3.05) is 18.6 Å². The van der Waals surface area contributed by atoms with E-state index in [4.69, 9.17) is 4.74 Å². The number of hydrogen-bond acceptors (Lipinski definition) is 3. The normalized spacial score (nSPS) is 12.5. The van der Waals surface area contributed by atoms with E-state index >= 15 is 0 Å². The van der Waals surface area contributed by atoms with Gasteiger partial charge in [0, 0.05) is 5.75 Å². The van der Waals surface area contributed by atoms with Crippen LogP contribution in [0.3, 0.4) is 0 Å². The summed E-state index contributed by atoms with van der Waals surface area (Å²) in [4.78, 5) is 0. The first-order valence-electron chi connectivity index (χ1n) is 4.59. The summed E-state index contributed by atoms with van der Waals surface area (Å²) in [6.45, 7) is 2.36. The van der Waals surface area contributed by atoms with Crippen molar-refractivity contribution in [3.8, 4) is 5.75 Å². The summed E-state index contributed by atoms with van der Waals surface area (Å²) >= 11 is 1.62. The maximum absolute atomic E-state index is 9.46. The van der Waals surface area contributed by atoms with Gasteiger partial charge < -0.3 is 9.84 Å². The Balaban J connectivity index is 2.41. The molecule has 1 atom stereocenters. The molecule has 0 fully saturated rings. The van der Waals surface area contributed by atoms with Crippen molar-refractivity contribution < 1.29 is 9.84 Å². The summed E-state index contributed by atoms with van der Waals surface area (Å²) in [6.07, 6.45) is 1.58. The van der Waals surface area contributed by atoms with Crippen LogP contribution in [-0.4, -0.2) is 29.8 Å². The molecule has 78 valence electrons. The number of ether oxygens (including phenoxy) is 1. The fourth-order valence-corrected chi connectivity index (χ4v) is 1.63. The number of para-hydroxylation sites is 1. The molecule has 0 saturated heterocycles. The van der Waals surface area contributed by atoms with Crippen molar-refractivity contribution in [3.05, 3.63) is 29.8 Å². The molecule has 0 amide bonds. The number of aliphatic hydroxyl groups is 1. The Morgan fingerprint density at radius 1 is 1.43 bits per heavy atom. The molecule has 0 bridgehead atoms. The average Bonchev–Trinajstić information content (AvgIpc) is 2.17. The molecule has 14 heavy (non-hydrogen) atoms. The standard InChI is InChI=1S/C11H16O2S/c1-9-5-3-4-6-11(9)13-7-10(12)8-14-2/h3-6,10,12H,7-8H2,1-2H3. The molecule has 0 spiro atoms. The van der Waals surface area contributed by atoms with E-state index in [1.807, 2.05) is 37.4 Å². The topological polar surface area (TPSA) is 29.5 Å². The minimum absolute atomic E-state index is 0.367. The fourth-order valence-electron chi connectivity index (χ4n) is 1.14. The van der Waals surface area contributed by atoms with E-state index in [0.717, 1.165) is 11.3 Å². The second-order valence-electron chi connectivity index (χ2n) is 3.19. The quantitative estimate of drug-likeness (QED) is 0.810. The minimum Gasteiger partial charge on any atom is -0.491 e. The van der Waals surface area contributed by atoms with Gasteiger partial charge in [0.25, 0.3) is 0 Å². The van der Waals surface area contributed by atoms with Crippen molar-refractivity contribution >= 4 is 11.8 Å². The van der Waals surface area contributed by atoms with Gasteiger partial charge in [-0.15, -0.1) is 0 Å². The predicted molar refractivity (Wildman–Crippen MR) is 61.1 cm³/mol. The van der Waals surface area contributed by atoms with E-state index in [-0.39, 0.29) is 6.10 Å². The van der Waals surface area contributed by atoms with Crippen LogP contribution in [0.15, 0.2) is 24.3 Å². The van der Waals surface area contributed by atoms with Gasteiger partial charge in [0.2, 0.25) is 0 Å². The lowest BCUT2D eigenvalue weighted by Gasteiger charge is -2.12. The number of rotatable bonds is 5. The molecule has 0 aliphatic carbocycles. The Bertz CT molecular complexity index is 276. The van der Waals surface area contributed by atoms with Crippen molar-refractivity contribution in [1.29, 1.82) is 0 Å². The van der Waals surface area contributed by atoms with E-state index in [1.54, 1.807) is 11.8 Å². The summed E-state index contributed by atoms with van der Waals surface area (Å²) < 4.78 is 5.49. The molecule has 1 unspecified atom stereocenters. The molecule has 1 N–H and O–H groups in total. The lowest BCUT2D eigenvalue weighted by atomic mass is 10.2. The number of hydrogen-bond donors (Lipinski definition) is 1. The van der Waals surface area contributed by atoms with Crippen molar-refractivity contribution in [1.82, 2.24) is 0 Å². The summed E-state index contributed by atoms with van der Waals surface area (Å²) in [5.74, 6) is 1.57. The zero-order valence-corrected chi connectivity index (χ0v) is 9.38. The highest BCUT2D eigenvalue weighted by Gasteiger charge is 2.04. The van der Waals surface area contributed by atoms with Gasteiger partial charge in [-0.25, -0.2) is 0 Å². The van der Waals surface area contributed by atoms with Crippen LogP contribution in [0.2, 0.25) is 0 Å². The molecule has 1 aromatic carbocycles. The molecular weight excluding hydrogens is 196 g/mol. The Morgan fingerprint density at radius 3 is 2.79 bits per heavy atom. The highest BCUT2D eigenvalue weighted by molar-refractivity contribution is 7.98. The zero-order chi connectivity index (χ0) is 10.4. The number of aliphatic hydroxyl groups excluding tert-OH is 1. The van der Waals surface area contributed by atoms with Gasteiger partial charge in [0.05, 0.1) is 6.10 Å². The van der Waals surface area contributed by atoms with Gasteiger partial charge in [-0.3, -0.25) is 0 Å². The third kappa shape index (κ3) is 3.60. The maximum atomic E-state index is 9.46. The van der Waals surface area contributed by atoms with Gasteiger partial charge in [-0.1, -0.05) is 18.2 Å². The first kappa shape index (κ1) is 11.4. The highest BCUT2D eigenvalue weighted by Crippen LogP contribution is 2.16. The second kappa shape index (κ2) is 5.94. The van der Waals surface area contributed by atoms with Crippen molar-refractivity contribution in [2.24, 2.45) is 0 Å². The van der Waals surface area contributed by atoms with Gasteiger partial charge >= 0.3 is 0 Å². The summed E-state index contributed by atoms with van der Waals surface area (Å²) in [7, 11) is 0. The lowest BCUT2D eigenvalue weighted by Crippen LogP contribution is -2.20. The van der Waals surface area contributed by atoms with Crippen LogP contribution in [0, 0.1) is 6.92 Å². The molecule has 0 radical (unpaired) electrons. The molecule has 2 nitrogen and oxygen atoms in total. The van der Waals surface area contributed by atoms with E-state index in [2.05, 4.69) is 0 Å². The largest absolute Gasteiger partial charge is 0.491 e. The first-order chi connectivity index (χ1) is 6.74. The molecule has 1 aromatic rings. The van der Waals surface area contributed by atoms with Gasteiger partial charge in [-0.05, 0) is 24.8 Å². The van der Waals surface area contributed by atoms with Crippen LogP contribution >= 0.6 is 11.8 Å². The molecule has 0 aliphatic rings. The van der Waals surface area contributed by atoms with E-state index in [9.17, 15) is 5.11 Å². The van der Waals surface area contributed by atoms with Crippen LogP contribution in [0.5, 0.6) is 5.75 Å². The van der Waals surface area contributed by atoms with Crippen LogP contribution in [-0.2, 0) is 0 Å².